The molecule has 0 heterocycles. The summed E-state index contributed by atoms with van der Waals surface area (Å²) >= 11 is 0. The monoisotopic (exact) mass is 438 g/mol. The van der Waals surface area contributed by atoms with Crippen molar-refractivity contribution in [2.75, 3.05) is 41.0 Å². The van der Waals surface area contributed by atoms with Crippen molar-refractivity contribution in [1.82, 2.24) is 10.2 Å². The lowest BCUT2D eigenvalue weighted by Gasteiger charge is -2.24. The smallest absolute Gasteiger partial charge is 0.308 e. The van der Waals surface area contributed by atoms with Crippen LogP contribution in [0.2, 0.25) is 0 Å². The quantitative estimate of drug-likeness (QED) is 0.269. The van der Waals surface area contributed by atoms with Crippen LogP contribution in [-0.4, -0.2) is 76.0 Å². The topological polar surface area (TPSA) is 103 Å². The van der Waals surface area contributed by atoms with E-state index in [1.807, 2.05) is 6.92 Å². The fourth-order valence-corrected chi connectivity index (χ4v) is 2.84. The van der Waals surface area contributed by atoms with Crippen LogP contribution in [0.15, 0.2) is 24.3 Å². The fourth-order valence-electron chi connectivity index (χ4n) is 2.84. The summed E-state index contributed by atoms with van der Waals surface area (Å²) in [6.45, 7) is 3.98. The first-order valence-electron chi connectivity index (χ1n) is 10.3. The Morgan fingerprint density at radius 1 is 1.03 bits per heavy atom. The second-order valence-corrected chi connectivity index (χ2v) is 7.00. The number of benzene rings is 1. The molecule has 0 aliphatic carbocycles. The first-order chi connectivity index (χ1) is 14.8. The molecule has 1 atom stereocenters. The fraction of sp³-hybridized carbons (Fsp3) is 0.591. The lowest BCUT2D eigenvalue weighted by atomic mass is 10.1. The van der Waals surface area contributed by atoms with E-state index >= 15 is 0 Å². The number of hydrogen-bond acceptors (Lipinski definition) is 7. The predicted octanol–water partition coefficient (Wildman–Crippen LogP) is 1.99. The molecule has 0 radical (unpaired) electrons. The average Bonchev–Trinajstić information content (AvgIpc) is 2.76. The van der Waals surface area contributed by atoms with Gasteiger partial charge in [0.1, 0.15) is 5.75 Å². The first-order valence-corrected chi connectivity index (χ1v) is 10.3. The molecule has 0 spiro atoms. The number of nitrogens with zero attached hydrogens (tertiary/aromatic N) is 1. The van der Waals surface area contributed by atoms with E-state index in [0.717, 1.165) is 12.8 Å². The number of esters is 1. The van der Waals surface area contributed by atoms with Crippen LogP contribution in [0.4, 0.5) is 0 Å². The molecule has 0 aliphatic heterocycles. The molecule has 1 unspecified atom stereocenters. The summed E-state index contributed by atoms with van der Waals surface area (Å²) < 4.78 is 20.7. The maximum absolute atomic E-state index is 12.9. The Bertz CT molecular complexity index is 690. The summed E-state index contributed by atoms with van der Waals surface area (Å²) in [4.78, 5) is 38.0. The maximum atomic E-state index is 12.9. The van der Waals surface area contributed by atoms with E-state index < -0.39 is 12.3 Å². The van der Waals surface area contributed by atoms with Crippen molar-refractivity contribution in [2.24, 2.45) is 0 Å². The van der Waals surface area contributed by atoms with Crippen LogP contribution in [0.3, 0.4) is 0 Å². The Kier molecular flexibility index (Phi) is 12.4. The molecule has 1 N–H and O–H groups in total. The van der Waals surface area contributed by atoms with E-state index in [-0.39, 0.29) is 31.0 Å². The van der Waals surface area contributed by atoms with Gasteiger partial charge in [0.05, 0.1) is 12.6 Å². The Morgan fingerprint density at radius 3 is 2.19 bits per heavy atom. The molecule has 1 rings (SSSR count). The van der Waals surface area contributed by atoms with Gasteiger partial charge in [-0.05, 0) is 30.7 Å². The van der Waals surface area contributed by atoms with Crippen LogP contribution in [0, 0.1) is 0 Å². The van der Waals surface area contributed by atoms with E-state index in [2.05, 4.69) is 5.32 Å². The lowest BCUT2D eigenvalue weighted by Crippen LogP contribution is -2.44. The summed E-state index contributed by atoms with van der Waals surface area (Å²) in [6.07, 6.45) is 1.39. The number of hydrogen-bond donors (Lipinski definition) is 1. The van der Waals surface area contributed by atoms with Crippen molar-refractivity contribution >= 4 is 17.8 Å². The molecule has 9 heteroatoms. The third-order valence-corrected chi connectivity index (χ3v) is 4.61. The maximum Gasteiger partial charge on any atom is 0.308 e. The van der Waals surface area contributed by atoms with Crippen molar-refractivity contribution in [2.45, 2.75) is 45.5 Å². The van der Waals surface area contributed by atoms with E-state index in [9.17, 15) is 14.4 Å². The lowest BCUT2D eigenvalue weighted by molar-refractivity contribution is -0.131. The van der Waals surface area contributed by atoms with Crippen molar-refractivity contribution < 1.29 is 33.3 Å². The average molecular weight is 439 g/mol. The highest BCUT2D eigenvalue weighted by atomic mass is 16.7. The predicted molar refractivity (Wildman–Crippen MR) is 115 cm³/mol. The first kappa shape index (κ1) is 26.5. The zero-order chi connectivity index (χ0) is 23.2. The summed E-state index contributed by atoms with van der Waals surface area (Å²) in [5, 5.41) is 2.80. The third-order valence-electron chi connectivity index (χ3n) is 4.61. The second kappa shape index (κ2) is 14.5. The van der Waals surface area contributed by atoms with Gasteiger partial charge in [0.15, 0.2) is 6.29 Å². The number of unbranched alkanes of at least 4 members (excludes halogenated alkanes) is 1. The summed E-state index contributed by atoms with van der Waals surface area (Å²) in [5.74, 6) is -0.621. The van der Waals surface area contributed by atoms with Gasteiger partial charge in [0, 0.05) is 53.3 Å². The van der Waals surface area contributed by atoms with Crippen molar-refractivity contribution in [3.8, 4) is 5.75 Å². The molecule has 0 saturated carbocycles. The molecular weight excluding hydrogens is 404 g/mol. The Balaban J connectivity index is 2.72. The highest BCUT2D eigenvalue weighted by Crippen LogP contribution is 2.14. The van der Waals surface area contributed by atoms with Crippen LogP contribution in [0.5, 0.6) is 5.75 Å². The summed E-state index contributed by atoms with van der Waals surface area (Å²) in [6, 6.07) is 6.26. The number of ether oxygens (including phenoxy) is 4. The second-order valence-electron chi connectivity index (χ2n) is 7.00. The highest BCUT2D eigenvalue weighted by Gasteiger charge is 2.20. The number of carbonyl (C=O) groups excluding carboxylic acids is 3. The van der Waals surface area contributed by atoms with Gasteiger partial charge in [0.2, 0.25) is 5.91 Å². The summed E-state index contributed by atoms with van der Waals surface area (Å²) in [5.41, 5.74) is 0.414. The number of amides is 2. The Morgan fingerprint density at radius 2 is 1.68 bits per heavy atom. The number of methoxy groups -OCH3 is 3. The van der Waals surface area contributed by atoms with Gasteiger partial charge < -0.3 is 29.2 Å². The zero-order valence-corrected chi connectivity index (χ0v) is 19.0. The van der Waals surface area contributed by atoms with Gasteiger partial charge >= 0.3 is 5.97 Å². The van der Waals surface area contributed by atoms with Crippen molar-refractivity contribution in [3.05, 3.63) is 29.8 Å². The molecule has 1 aromatic carbocycles. The Hall–Kier alpha value is -2.49. The minimum Gasteiger partial charge on any atom is -0.427 e. The largest absolute Gasteiger partial charge is 0.427 e. The van der Waals surface area contributed by atoms with Crippen molar-refractivity contribution in [3.63, 3.8) is 0 Å². The molecule has 0 aliphatic rings. The van der Waals surface area contributed by atoms with Gasteiger partial charge in [-0.2, -0.15) is 0 Å². The van der Waals surface area contributed by atoms with Gasteiger partial charge in [-0.3, -0.25) is 14.4 Å². The number of carbonyl (C=O) groups is 3. The minimum absolute atomic E-state index is 0.0705. The molecule has 2 amide bonds. The standard InChI is InChI=1S/C22H34N2O7/c1-6-7-12-24(22(27)17-8-10-18(11-9-17)31-16(2)25)15-20(26)23-14-19(28-3)13-21(29-4)30-5/h8-11,19,21H,6-7,12-15H2,1-5H3,(H,23,26). The van der Waals surface area contributed by atoms with E-state index in [0.29, 0.717) is 24.3 Å². The zero-order valence-electron chi connectivity index (χ0n) is 19.0. The summed E-state index contributed by atoms with van der Waals surface area (Å²) in [7, 11) is 4.63. The Labute approximate surface area is 184 Å². The molecule has 31 heavy (non-hydrogen) atoms. The molecule has 174 valence electrons. The van der Waals surface area contributed by atoms with Crippen LogP contribution in [0.1, 0.15) is 43.5 Å². The van der Waals surface area contributed by atoms with Crippen molar-refractivity contribution in [1.29, 1.82) is 0 Å². The minimum atomic E-state index is -0.433. The number of rotatable bonds is 14. The third kappa shape index (κ3) is 9.91. The molecule has 1 aromatic rings. The van der Waals surface area contributed by atoms with Crippen LogP contribution in [-0.2, 0) is 23.8 Å². The van der Waals surface area contributed by atoms with Gasteiger partial charge in [0.25, 0.3) is 5.91 Å². The molecule has 0 fully saturated rings. The normalized spacial score (nSPS) is 11.8. The number of nitrogens with one attached hydrogen (secondary N) is 1. The molecule has 0 aromatic heterocycles. The SMILES string of the molecule is CCCCN(CC(=O)NCC(CC(OC)OC)OC)C(=O)c1ccc(OC(C)=O)cc1. The van der Waals surface area contributed by atoms with E-state index in [1.165, 1.54) is 26.0 Å². The highest BCUT2D eigenvalue weighted by molar-refractivity contribution is 5.96. The van der Waals surface area contributed by atoms with Gasteiger partial charge in [-0.1, -0.05) is 13.3 Å². The van der Waals surface area contributed by atoms with Gasteiger partial charge in [-0.25, -0.2) is 0 Å². The van der Waals surface area contributed by atoms with E-state index in [1.54, 1.807) is 31.4 Å². The molecule has 0 bridgehead atoms. The molecule has 9 nitrogen and oxygen atoms in total. The van der Waals surface area contributed by atoms with Gasteiger partial charge in [-0.15, -0.1) is 0 Å². The van der Waals surface area contributed by atoms with Crippen LogP contribution >= 0.6 is 0 Å². The van der Waals surface area contributed by atoms with Crippen LogP contribution < -0.4 is 10.1 Å². The molecule has 0 saturated heterocycles. The molecular formula is C22H34N2O7. The van der Waals surface area contributed by atoms with E-state index in [4.69, 9.17) is 18.9 Å². The van der Waals surface area contributed by atoms with Crippen LogP contribution in [0.25, 0.3) is 0 Å².